The van der Waals surface area contributed by atoms with Crippen molar-refractivity contribution in [2.45, 2.75) is 0 Å². The van der Waals surface area contributed by atoms with Gasteiger partial charge in [0.15, 0.2) is 5.82 Å². The van der Waals surface area contributed by atoms with Crippen molar-refractivity contribution in [1.82, 2.24) is 19.6 Å². The van der Waals surface area contributed by atoms with Crippen LogP contribution in [-0.4, -0.2) is 19.6 Å². The van der Waals surface area contributed by atoms with E-state index in [1.807, 2.05) is 0 Å². The molecule has 0 fully saturated rings. The van der Waals surface area contributed by atoms with Crippen LogP contribution in [0.15, 0.2) is 231 Å². The van der Waals surface area contributed by atoms with Crippen molar-refractivity contribution in [3.8, 4) is 89.8 Å². The zero-order valence-electron chi connectivity index (χ0n) is 33.2. The molecule has 0 aliphatic rings. The quantitative estimate of drug-likeness (QED) is 0.154. The molecule has 0 amide bonds. The smallest absolute Gasteiger partial charge is 0.161 e. The van der Waals surface area contributed by atoms with Crippen LogP contribution in [-0.2, 0) is 0 Å². The Hall–Kier alpha value is -8.21. The third-order valence-corrected chi connectivity index (χ3v) is 11.4. The van der Waals surface area contributed by atoms with Gasteiger partial charge >= 0.3 is 0 Å². The zero-order chi connectivity index (χ0) is 40.5. The van der Waals surface area contributed by atoms with Crippen LogP contribution >= 0.6 is 0 Å². The minimum atomic E-state index is 0.653. The molecule has 4 nitrogen and oxygen atoms in total. The normalized spacial score (nSPS) is 11.3. The van der Waals surface area contributed by atoms with Crippen molar-refractivity contribution in [2.75, 3.05) is 0 Å². The highest BCUT2D eigenvalue weighted by Gasteiger charge is 2.23. The summed E-state index contributed by atoms with van der Waals surface area (Å²) in [6.07, 6.45) is 0. The van der Waals surface area contributed by atoms with Crippen molar-refractivity contribution in [1.29, 1.82) is 0 Å². The molecule has 0 unspecified atom stereocenters. The average molecular weight is 779 g/mol. The van der Waals surface area contributed by atoms with E-state index in [1.165, 1.54) is 0 Å². The first kappa shape index (κ1) is 35.9. The summed E-state index contributed by atoms with van der Waals surface area (Å²) in [5, 5.41) is 7.56. The molecule has 0 bridgehead atoms. The summed E-state index contributed by atoms with van der Waals surface area (Å²) in [7, 11) is 0. The number of hydrogen-bond donors (Lipinski definition) is 0. The fourth-order valence-corrected chi connectivity index (χ4v) is 8.49. The van der Waals surface area contributed by atoms with Gasteiger partial charge in [-0.25, -0.2) is 14.5 Å². The zero-order valence-corrected chi connectivity index (χ0v) is 33.2. The maximum absolute atomic E-state index is 5.45. The topological polar surface area (TPSA) is 43.1 Å². The summed E-state index contributed by atoms with van der Waals surface area (Å²) < 4.78 is 2.14. The summed E-state index contributed by atoms with van der Waals surface area (Å²) in [5.41, 5.74) is 16.5. The Morgan fingerprint density at radius 3 is 1.30 bits per heavy atom. The number of rotatable bonds is 8. The molecule has 61 heavy (non-hydrogen) atoms. The minimum Gasteiger partial charge on any atom is -0.231 e. The highest BCUT2D eigenvalue weighted by molar-refractivity contribution is 6.12. The summed E-state index contributed by atoms with van der Waals surface area (Å²) >= 11 is 0. The lowest BCUT2D eigenvalue weighted by Gasteiger charge is -2.15. The van der Waals surface area contributed by atoms with E-state index in [4.69, 9.17) is 15.1 Å². The van der Waals surface area contributed by atoms with Crippen LogP contribution in [0.5, 0.6) is 0 Å². The molecule has 0 N–H and O–H groups in total. The van der Waals surface area contributed by atoms with E-state index in [0.29, 0.717) is 5.82 Å². The van der Waals surface area contributed by atoms with Gasteiger partial charge in [-0.2, -0.15) is 5.10 Å². The standard InChI is InChI=1S/C57H38N4/c1-6-19-39(20-7-1)44-29-16-31-46(35-44)51-38-52(47-32-17-30-45(36-47)40-21-8-2-9-22-40)59-57(58-51)49-34-18-33-48-50(49)37-53(41-23-10-3-11-24-41)61-56(48)54(42-25-12-4-13-26-42)55(60-61)43-27-14-5-15-28-43/h1-38H. The van der Waals surface area contributed by atoms with Crippen LogP contribution in [0.3, 0.4) is 0 Å². The molecule has 0 atom stereocenters. The predicted molar refractivity (Wildman–Crippen MR) is 252 cm³/mol. The van der Waals surface area contributed by atoms with Crippen LogP contribution in [0.4, 0.5) is 0 Å². The molecule has 11 rings (SSSR count). The van der Waals surface area contributed by atoms with Gasteiger partial charge < -0.3 is 0 Å². The fraction of sp³-hybridized carbons (Fsp3) is 0. The van der Waals surface area contributed by atoms with Gasteiger partial charge in [0, 0.05) is 38.8 Å². The van der Waals surface area contributed by atoms with E-state index in [0.717, 1.165) is 100 Å². The van der Waals surface area contributed by atoms with Crippen LogP contribution in [0, 0.1) is 0 Å². The first-order chi connectivity index (χ1) is 30.2. The first-order valence-corrected chi connectivity index (χ1v) is 20.6. The van der Waals surface area contributed by atoms with Crippen molar-refractivity contribution in [3.63, 3.8) is 0 Å². The Bertz CT molecular complexity index is 3220. The largest absolute Gasteiger partial charge is 0.231 e. The highest BCUT2D eigenvalue weighted by atomic mass is 15.2. The second kappa shape index (κ2) is 15.5. The van der Waals surface area contributed by atoms with Gasteiger partial charge in [0.05, 0.1) is 22.6 Å². The summed E-state index contributed by atoms with van der Waals surface area (Å²) in [5.74, 6) is 0.653. The molecule has 0 saturated heterocycles. The second-order valence-electron chi connectivity index (χ2n) is 15.2. The maximum atomic E-state index is 5.45. The van der Waals surface area contributed by atoms with Gasteiger partial charge in [-0.3, -0.25) is 0 Å². The van der Waals surface area contributed by atoms with E-state index in [1.54, 1.807) is 0 Å². The third kappa shape index (κ3) is 6.76. The van der Waals surface area contributed by atoms with Crippen molar-refractivity contribution in [2.24, 2.45) is 0 Å². The SMILES string of the molecule is c1ccc(-c2cccc(-c3cc(-c4cccc(-c5ccccc5)c4)nc(-c4cccc5c4cc(-c4ccccc4)n4nc(-c6ccccc6)c(-c6ccccc6)c54)n3)c2)cc1. The monoisotopic (exact) mass is 778 g/mol. The number of pyridine rings is 1. The number of fused-ring (bicyclic) bond motifs is 3. The number of benzene rings is 8. The second-order valence-corrected chi connectivity index (χ2v) is 15.2. The van der Waals surface area contributed by atoms with Gasteiger partial charge in [-0.15, -0.1) is 0 Å². The highest BCUT2D eigenvalue weighted by Crippen LogP contribution is 2.43. The maximum Gasteiger partial charge on any atom is 0.161 e. The lowest BCUT2D eigenvalue weighted by molar-refractivity contribution is 0.979. The minimum absolute atomic E-state index is 0.653. The number of hydrogen-bond acceptors (Lipinski definition) is 3. The van der Waals surface area contributed by atoms with Gasteiger partial charge in [0.2, 0.25) is 0 Å². The average Bonchev–Trinajstić information content (AvgIpc) is 3.76. The van der Waals surface area contributed by atoms with Crippen molar-refractivity contribution < 1.29 is 0 Å². The lowest BCUT2D eigenvalue weighted by atomic mass is 9.95. The molecule has 0 spiro atoms. The molecule has 8 aromatic carbocycles. The van der Waals surface area contributed by atoms with E-state index in [2.05, 4.69) is 235 Å². The number of aromatic nitrogens is 4. The molecular formula is C57H38N4. The molecule has 0 radical (unpaired) electrons. The van der Waals surface area contributed by atoms with Crippen LogP contribution in [0.1, 0.15) is 0 Å². The van der Waals surface area contributed by atoms with Gasteiger partial charge in [-0.1, -0.05) is 206 Å². The molecule has 3 heterocycles. The molecule has 4 heteroatoms. The Morgan fingerprint density at radius 1 is 0.311 bits per heavy atom. The Balaban J connectivity index is 1.20. The van der Waals surface area contributed by atoms with Crippen molar-refractivity contribution >= 4 is 16.3 Å². The number of nitrogens with zero attached hydrogens (tertiary/aromatic N) is 4. The molecule has 286 valence electrons. The molecule has 0 aliphatic carbocycles. The van der Waals surface area contributed by atoms with Crippen LogP contribution in [0.25, 0.3) is 106 Å². The molecule has 11 aromatic rings. The summed E-state index contributed by atoms with van der Waals surface area (Å²) in [6.45, 7) is 0. The lowest BCUT2D eigenvalue weighted by Crippen LogP contribution is -1.99. The van der Waals surface area contributed by atoms with Crippen molar-refractivity contribution in [3.05, 3.63) is 231 Å². The Morgan fingerprint density at radius 2 is 0.754 bits per heavy atom. The molecule has 3 aromatic heterocycles. The molecular weight excluding hydrogens is 741 g/mol. The van der Waals surface area contributed by atoms with Crippen LogP contribution < -0.4 is 0 Å². The first-order valence-electron chi connectivity index (χ1n) is 20.6. The fourth-order valence-electron chi connectivity index (χ4n) is 8.49. The van der Waals surface area contributed by atoms with E-state index in [-0.39, 0.29) is 0 Å². The molecule has 0 aliphatic heterocycles. The summed E-state index contributed by atoms with van der Waals surface area (Å²) in [4.78, 5) is 10.9. The Kier molecular flexibility index (Phi) is 9.14. The van der Waals surface area contributed by atoms with Crippen LogP contribution in [0.2, 0.25) is 0 Å². The van der Waals surface area contributed by atoms with Gasteiger partial charge in [0.1, 0.15) is 5.69 Å². The van der Waals surface area contributed by atoms with Gasteiger partial charge in [0.25, 0.3) is 0 Å². The predicted octanol–water partition coefficient (Wildman–Crippen LogP) is 14.6. The van der Waals surface area contributed by atoms with E-state index >= 15 is 0 Å². The Labute approximate surface area is 354 Å². The van der Waals surface area contributed by atoms with Gasteiger partial charge in [-0.05, 0) is 57.5 Å². The molecule has 0 saturated carbocycles. The third-order valence-electron chi connectivity index (χ3n) is 11.4. The van der Waals surface area contributed by atoms with E-state index in [9.17, 15) is 0 Å². The van der Waals surface area contributed by atoms with E-state index < -0.39 is 0 Å². The summed E-state index contributed by atoms with van der Waals surface area (Å²) in [6, 6.07) is 80.9.